The topological polar surface area (TPSA) is 67.5 Å². The van der Waals surface area contributed by atoms with E-state index in [0.717, 1.165) is 0 Å². The van der Waals surface area contributed by atoms with Crippen LogP contribution in [0.25, 0.3) is 0 Å². The molecule has 88 valence electrons. The van der Waals surface area contributed by atoms with Crippen LogP contribution in [-0.2, 0) is 11.0 Å². The van der Waals surface area contributed by atoms with Gasteiger partial charge in [-0.15, -0.1) is 0 Å². The molecule has 0 amide bonds. The van der Waals surface area contributed by atoms with Gasteiger partial charge in [0.05, 0.1) is 21.8 Å². The molecule has 0 aliphatic carbocycles. The summed E-state index contributed by atoms with van der Waals surface area (Å²) in [5, 5.41) is 0. The van der Waals surface area contributed by atoms with Gasteiger partial charge >= 0.3 is 0 Å². The molecule has 0 aliphatic heterocycles. The quantitative estimate of drug-likeness (QED) is 0.708. The van der Waals surface area contributed by atoms with Crippen LogP contribution < -0.4 is 10.5 Å². The first-order valence-electron chi connectivity index (χ1n) is 4.85. The second-order valence-electron chi connectivity index (χ2n) is 4.29. The smallest absolute Gasteiger partial charge is 0.0976 e. The highest BCUT2D eigenvalue weighted by Gasteiger charge is 2.21. The monoisotopic (exact) mass is 231 g/mol. The van der Waals surface area contributed by atoms with Crippen molar-refractivity contribution < 1.29 is 4.21 Å². The van der Waals surface area contributed by atoms with Gasteiger partial charge < -0.3 is 5.73 Å². The van der Waals surface area contributed by atoms with Crippen LogP contribution in [-0.4, -0.2) is 28.3 Å². The van der Waals surface area contributed by atoms with Crippen LogP contribution in [0.1, 0.15) is 27.7 Å². The molecule has 0 radical (unpaired) electrons. The van der Waals surface area contributed by atoms with E-state index in [1.54, 1.807) is 19.3 Å². The Balaban J connectivity index is 4.38. The summed E-state index contributed by atoms with van der Waals surface area (Å²) in [5.41, 5.74) is 6.39. The Labute approximate surface area is 94.6 Å². The van der Waals surface area contributed by atoms with Crippen LogP contribution in [0.4, 0.5) is 0 Å². The summed E-state index contributed by atoms with van der Waals surface area (Å²) in [6, 6.07) is -0.122. The average Bonchev–Trinajstić information content (AvgIpc) is 2.12. The number of nitrogens with zero attached hydrogens (tertiary/aromatic N) is 1. The lowest BCUT2D eigenvalue weighted by molar-refractivity contribution is 0.623. The van der Waals surface area contributed by atoms with E-state index in [4.69, 9.17) is 5.73 Å². The third-order valence-corrected chi connectivity index (χ3v) is 3.44. The fraction of sp³-hybridized carbons (Fsp3) is 0.700. The summed E-state index contributed by atoms with van der Waals surface area (Å²) in [4.78, 5) is 3.80. The summed E-state index contributed by atoms with van der Waals surface area (Å²) in [5.74, 6) is 0. The molecule has 0 rings (SSSR count). The van der Waals surface area contributed by atoms with Crippen molar-refractivity contribution in [2.24, 2.45) is 10.7 Å². The predicted molar refractivity (Wildman–Crippen MR) is 67.2 cm³/mol. The molecule has 5 heteroatoms. The second kappa shape index (κ2) is 6.02. The molecule has 0 heterocycles. The number of hydrogen-bond donors (Lipinski definition) is 2. The van der Waals surface area contributed by atoms with E-state index >= 15 is 0 Å². The normalized spacial score (nSPS) is 18.1. The van der Waals surface area contributed by atoms with Gasteiger partial charge in [0, 0.05) is 19.0 Å². The number of nitrogens with two attached hydrogens (primary N) is 1. The van der Waals surface area contributed by atoms with Crippen molar-refractivity contribution in [1.82, 2.24) is 4.72 Å². The molecule has 0 aromatic heterocycles. The van der Waals surface area contributed by atoms with Crippen molar-refractivity contribution in [3.8, 4) is 0 Å². The molecule has 0 saturated heterocycles. The molecular formula is C10H21N3OS. The highest BCUT2D eigenvalue weighted by atomic mass is 32.2. The number of aliphatic imine (C=N–C) groups is 1. The van der Waals surface area contributed by atoms with E-state index < -0.39 is 11.0 Å². The van der Waals surface area contributed by atoms with Gasteiger partial charge in [-0.2, -0.15) is 0 Å². The van der Waals surface area contributed by atoms with Crippen LogP contribution in [0.2, 0.25) is 0 Å². The van der Waals surface area contributed by atoms with Gasteiger partial charge in [-0.3, -0.25) is 4.99 Å². The molecule has 2 atom stereocenters. The number of hydrogen-bond acceptors (Lipinski definition) is 3. The molecule has 15 heavy (non-hydrogen) atoms. The molecule has 0 aromatic rings. The molecule has 0 saturated carbocycles. The van der Waals surface area contributed by atoms with E-state index in [2.05, 4.69) is 9.71 Å². The zero-order valence-corrected chi connectivity index (χ0v) is 10.9. The number of allylic oxidation sites excluding steroid dienone is 1. The third kappa shape index (κ3) is 5.69. The van der Waals surface area contributed by atoms with Crippen molar-refractivity contribution >= 4 is 17.2 Å². The summed E-state index contributed by atoms with van der Waals surface area (Å²) in [7, 11) is 0.567. The van der Waals surface area contributed by atoms with Crippen LogP contribution in [0, 0.1) is 0 Å². The van der Waals surface area contributed by atoms with Gasteiger partial charge in [0.15, 0.2) is 0 Å². The van der Waals surface area contributed by atoms with Crippen LogP contribution in [0.5, 0.6) is 0 Å². The maximum atomic E-state index is 11.7. The van der Waals surface area contributed by atoms with Crippen molar-refractivity contribution in [2.75, 3.05) is 7.05 Å². The predicted octanol–water partition coefficient (Wildman–Crippen LogP) is 0.970. The minimum absolute atomic E-state index is 0.122. The molecule has 3 N–H and O–H groups in total. The first kappa shape index (κ1) is 14.3. The van der Waals surface area contributed by atoms with Gasteiger partial charge in [-0.05, 0) is 33.8 Å². The fourth-order valence-corrected chi connectivity index (χ4v) is 1.52. The molecule has 0 bridgehead atoms. The Morgan fingerprint density at radius 1 is 1.53 bits per heavy atom. The maximum Gasteiger partial charge on any atom is 0.0976 e. The van der Waals surface area contributed by atoms with Gasteiger partial charge in [0.2, 0.25) is 0 Å². The Hall–Kier alpha value is -0.680. The molecular weight excluding hydrogens is 210 g/mol. The van der Waals surface area contributed by atoms with Crippen molar-refractivity contribution in [3.05, 3.63) is 11.8 Å². The second-order valence-corrected chi connectivity index (χ2v) is 6.29. The molecule has 0 unspecified atom stereocenters. The van der Waals surface area contributed by atoms with Crippen molar-refractivity contribution in [1.29, 1.82) is 0 Å². The van der Waals surface area contributed by atoms with Gasteiger partial charge in [0.25, 0.3) is 0 Å². The minimum Gasteiger partial charge on any atom is -0.401 e. The third-order valence-electron chi connectivity index (χ3n) is 1.76. The van der Waals surface area contributed by atoms with Crippen LogP contribution in [0.15, 0.2) is 16.8 Å². The summed E-state index contributed by atoms with van der Waals surface area (Å²) in [6.07, 6.45) is 3.32. The SMILES string of the molecule is CN=C/C=C(\N)[C@@H](C)N[S@](=O)C(C)(C)C. The van der Waals surface area contributed by atoms with Crippen LogP contribution in [0.3, 0.4) is 0 Å². The molecule has 0 fully saturated rings. The fourth-order valence-electron chi connectivity index (χ4n) is 0.710. The van der Waals surface area contributed by atoms with E-state index in [0.29, 0.717) is 5.70 Å². The molecule has 0 aliphatic rings. The minimum atomic E-state index is -1.11. The molecule has 0 spiro atoms. The number of rotatable bonds is 4. The lowest BCUT2D eigenvalue weighted by Crippen LogP contribution is -2.40. The van der Waals surface area contributed by atoms with Crippen LogP contribution >= 0.6 is 0 Å². The van der Waals surface area contributed by atoms with E-state index in [9.17, 15) is 4.21 Å². The lowest BCUT2D eigenvalue weighted by atomic mass is 10.2. The van der Waals surface area contributed by atoms with Gasteiger partial charge in [0.1, 0.15) is 0 Å². The van der Waals surface area contributed by atoms with Gasteiger partial charge in [-0.1, -0.05) is 0 Å². The summed E-state index contributed by atoms with van der Waals surface area (Å²) < 4.78 is 14.4. The summed E-state index contributed by atoms with van der Waals surface area (Å²) >= 11 is 0. The Kier molecular flexibility index (Phi) is 5.75. The van der Waals surface area contributed by atoms with E-state index in [-0.39, 0.29) is 10.8 Å². The Bertz CT molecular complexity index is 279. The standard InChI is InChI=1S/C10H21N3OS/c1-8(9(11)6-7-12-5)13-15(14)10(2,3)4/h6-8,13H,11H2,1-5H3/b9-6-,12-7?/t8-,15-/m1/s1. The Morgan fingerprint density at radius 3 is 2.47 bits per heavy atom. The highest BCUT2D eigenvalue weighted by molar-refractivity contribution is 7.84. The first-order valence-corrected chi connectivity index (χ1v) is 6.00. The summed E-state index contributed by atoms with van der Waals surface area (Å²) in [6.45, 7) is 7.61. The van der Waals surface area contributed by atoms with Crippen molar-refractivity contribution in [3.63, 3.8) is 0 Å². The van der Waals surface area contributed by atoms with Gasteiger partial charge in [-0.25, -0.2) is 8.93 Å². The molecule has 0 aromatic carbocycles. The highest BCUT2D eigenvalue weighted by Crippen LogP contribution is 2.10. The lowest BCUT2D eigenvalue weighted by Gasteiger charge is -2.22. The maximum absolute atomic E-state index is 11.7. The van der Waals surface area contributed by atoms with Crippen molar-refractivity contribution in [2.45, 2.75) is 38.5 Å². The largest absolute Gasteiger partial charge is 0.401 e. The zero-order chi connectivity index (χ0) is 12.1. The van der Waals surface area contributed by atoms with E-state index in [1.807, 2.05) is 27.7 Å². The number of nitrogens with one attached hydrogen (secondary N) is 1. The average molecular weight is 231 g/mol. The molecule has 4 nitrogen and oxygen atoms in total. The zero-order valence-electron chi connectivity index (χ0n) is 10.1. The Morgan fingerprint density at radius 2 is 2.07 bits per heavy atom. The first-order chi connectivity index (χ1) is 6.79. The van der Waals surface area contributed by atoms with E-state index in [1.165, 1.54) is 0 Å².